The SMILES string of the molecule is CCCc1noc(CN(C)Cc2ccc(OC(F)(F)F)cc2)n1. The number of aryl methyl sites for hydroxylation is 1. The fourth-order valence-corrected chi connectivity index (χ4v) is 2.07. The molecule has 0 fully saturated rings. The molecule has 2 aromatic rings. The molecule has 0 bridgehead atoms. The number of hydrogen-bond acceptors (Lipinski definition) is 5. The Balaban J connectivity index is 1.88. The molecule has 5 nitrogen and oxygen atoms in total. The van der Waals surface area contributed by atoms with Crippen LogP contribution in [-0.2, 0) is 19.5 Å². The van der Waals surface area contributed by atoms with Crippen LogP contribution in [0.2, 0.25) is 0 Å². The van der Waals surface area contributed by atoms with E-state index in [-0.39, 0.29) is 5.75 Å². The van der Waals surface area contributed by atoms with E-state index in [1.54, 1.807) is 12.1 Å². The van der Waals surface area contributed by atoms with Gasteiger partial charge in [0, 0.05) is 13.0 Å². The molecule has 0 unspecified atom stereocenters. The first-order valence-electron chi connectivity index (χ1n) is 7.20. The highest BCUT2D eigenvalue weighted by molar-refractivity contribution is 5.27. The van der Waals surface area contributed by atoms with Gasteiger partial charge in [-0.05, 0) is 31.2 Å². The summed E-state index contributed by atoms with van der Waals surface area (Å²) in [5.74, 6) is 0.975. The van der Waals surface area contributed by atoms with E-state index >= 15 is 0 Å². The van der Waals surface area contributed by atoms with Gasteiger partial charge in [-0.15, -0.1) is 13.2 Å². The summed E-state index contributed by atoms with van der Waals surface area (Å²) in [5, 5.41) is 3.88. The second-order valence-electron chi connectivity index (χ2n) is 5.22. The molecule has 0 aliphatic rings. The molecule has 0 atom stereocenters. The fraction of sp³-hybridized carbons (Fsp3) is 0.467. The molecule has 0 aliphatic carbocycles. The van der Waals surface area contributed by atoms with Crippen LogP contribution in [0.15, 0.2) is 28.8 Å². The molecule has 0 N–H and O–H groups in total. The Morgan fingerprint density at radius 1 is 1.17 bits per heavy atom. The molecule has 2 rings (SSSR count). The third-order valence-corrected chi connectivity index (χ3v) is 3.00. The molecule has 0 saturated carbocycles. The minimum absolute atomic E-state index is 0.231. The predicted octanol–water partition coefficient (Wildman–Crippen LogP) is 3.55. The summed E-state index contributed by atoms with van der Waals surface area (Å²) in [6, 6.07) is 5.77. The summed E-state index contributed by atoms with van der Waals surface area (Å²) in [6.45, 7) is 3.05. The van der Waals surface area contributed by atoms with Crippen molar-refractivity contribution in [3.05, 3.63) is 41.5 Å². The van der Waals surface area contributed by atoms with Crippen molar-refractivity contribution in [3.63, 3.8) is 0 Å². The van der Waals surface area contributed by atoms with Crippen molar-refractivity contribution in [1.29, 1.82) is 0 Å². The van der Waals surface area contributed by atoms with Gasteiger partial charge in [0.25, 0.3) is 0 Å². The van der Waals surface area contributed by atoms with Crippen LogP contribution in [0, 0.1) is 0 Å². The van der Waals surface area contributed by atoms with Crippen LogP contribution in [0.3, 0.4) is 0 Å². The molecule has 1 heterocycles. The average molecular weight is 329 g/mol. The number of benzene rings is 1. The topological polar surface area (TPSA) is 51.4 Å². The number of nitrogens with zero attached hydrogens (tertiary/aromatic N) is 3. The largest absolute Gasteiger partial charge is 0.573 e. The van der Waals surface area contributed by atoms with Gasteiger partial charge in [-0.3, -0.25) is 4.90 Å². The van der Waals surface area contributed by atoms with Gasteiger partial charge < -0.3 is 9.26 Å². The Labute approximate surface area is 132 Å². The van der Waals surface area contributed by atoms with Crippen LogP contribution in [0.25, 0.3) is 0 Å². The van der Waals surface area contributed by atoms with Crippen LogP contribution >= 0.6 is 0 Å². The van der Waals surface area contributed by atoms with Crippen molar-refractivity contribution in [3.8, 4) is 5.75 Å². The lowest BCUT2D eigenvalue weighted by atomic mass is 10.2. The summed E-state index contributed by atoms with van der Waals surface area (Å²) < 4.78 is 45.3. The van der Waals surface area contributed by atoms with Gasteiger partial charge in [-0.25, -0.2) is 0 Å². The highest BCUT2D eigenvalue weighted by Crippen LogP contribution is 2.23. The molecule has 0 aliphatic heterocycles. The molecule has 0 amide bonds. The Morgan fingerprint density at radius 3 is 2.48 bits per heavy atom. The molecule has 0 spiro atoms. The zero-order chi connectivity index (χ0) is 16.9. The number of rotatable bonds is 7. The Hall–Kier alpha value is -2.09. The van der Waals surface area contributed by atoms with E-state index in [4.69, 9.17) is 4.52 Å². The normalized spacial score (nSPS) is 11.9. The average Bonchev–Trinajstić information content (AvgIpc) is 2.87. The molecule has 23 heavy (non-hydrogen) atoms. The van der Waals surface area contributed by atoms with Crippen molar-refractivity contribution in [2.75, 3.05) is 7.05 Å². The van der Waals surface area contributed by atoms with Gasteiger partial charge in [0.05, 0.1) is 6.54 Å². The molecule has 0 saturated heterocycles. The van der Waals surface area contributed by atoms with Gasteiger partial charge in [0.2, 0.25) is 5.89 Å². The maximum absolute atomic E-state index is 12.1. The highest BCUT2D eigenvalue weighted by Gasteiger charge is 2.30. The van der Waals surface area contributed by atoms with Gasteiger partial charge >= 0.3 is 6.36 Å². The highest BCUT2D eigenvalue weighted by atomic mass is 19.4. The van der Waals surface area contributed by atoms with Crippen molar-refractivity contribution >= 4 is 0 Å². The number of ether oxygens (including phenoxy) is 1. The lowest BCUT2D eigenvalue weighted by Crippen LogP contribution is -2.18. The smallest absolute Gasteiger partial charge is 0.406 e. The van der Waals surface area contributed by atoms with Gasteiger partial charge in [0.1, 0.15) is 5.75 Å². The fourth-order valence-electron chi connectivity index (χ4n) is 2.07. The predicted molar refractivity (Wildman–Crippen MR) is 76.6 cm³/mol. The third kappa shape index (κ3) is 5.90. The summed E-state index contributed by atoms with van der Waals surface area (Å²) in [5.41, 5.74) is 0.857. The van der Waals surface area contributed by atoms with E-state index in [1.165, 1.54) is 12.1 Å². The number of alkyl halides is 3. The quantitative estimate of drug-likeness (QED) is 0.777. The Morgan fingerprint density at radius 2 is 1.87 bits per heavy atom. The molecule has 8 heteroatoms. The zero-order valence-electron chi connectivity index (χ0n) is 12.9. The summed E-state index contributed by atoms with van der Waals surface area (Å²) in [6.07, 6.45) is -2.96. The minimum atomic E-state index is -4.67. The molecular formula is C15H18F3N3O2. The summed E-state index contributed by atoms with van der Waals surface area (Å²) in [4.78, 5) is 6.20. The number of hydrogen-bond donors (Lipinski definition) is 0. The Kier molecular flexibility index (Phi) is 5.59. The van der Waals surface area contributed by atoms with E-state index in [2.05, 4.69) is 14.9 Å². The molecule has 0 radical (unpaired) electrons. The standard InChI is InChI=1S/C15H18F3N3O2/c1-3-4-13-19-14(23-20-13)10-21(2)9-11-5-7-12(8-6-11)22-15(16,17)18/h5-8H,3-4,9-10H2,1-2H3. The first-order chi connectivity index (χ1) is 10.9. The first kappa shape index (κ1) is 17.3. The first-order valence-corrected chi connectivity index (χ1v) is 7.20. The van der Waals surface area contributed by atoms with Crippen molar-refractivity contribution in [1.82, 2.24) is 15.0 Å². The lowest BCUT2D eigenvalue weighted by Gasteiger charge is -2.15. The van der Waals surface area contributed by atoms with Crippen LogP contribution < -0.4 is 4.74 Å². The van der Waals surface area contributed by atoms with Gasteiger partial charge in [0.15, 0.2) is 5.82 Å². The number of aromatic nitrogens is 2. The maximum atomic E-state index is 12.1. The van der Waals surface area contributed by atoms with Crippen molar-refractivity contribution < 1.29 is 22.4 Å². The maximum Gasteiger partial charge on any atom is 0.573 e. The second-order valence-corrected chi connectivity index (χ2v) is 5.22. The van der Waals surface area contributed by atoms with Crippen LogP contribution in [0.5, 0.6) is 5.75 Å². The summed E-state index contributed by atoms with van der Waals surface area (Å²) in [7, 11) is 1.86. The molecular weight excluding hydrogens is 311 g/mol. The van der Waals surface area contributed by atoms with Crippen molar-refractivity contribution in [2.45, 2.75) is 39.2 Å². The molecule has 126 valence electrons. The van der Waals surface area contributed by atoms with Gasteiger partial charge in [-0.2, -0.15) is 4.98 Å². The van der Waals surface area contributed by atoms with Gasteiger partial charge in [-0.1, -0.05) is 24.2 Å². The van der Waals surface area contributed by atoms with Crippen LogP contribution in [0.4, 0.5) is 13.2 Å². The van der Waals surface area contributed by atoms with E-state index in [0.717, 1.165) is 18.4 Å². The van der Waals surface area contributed by atoms with E-state index in [9.17, 15) is 13.2 Å². The van der Waals surface area contributed by atoms with E-state index in [0.29, 0.717) is 24.8 Å². The van der Waals surface area contributed by atoms with Crippen LogP contribution in [-0.4, -0.2) is 28.5 Å². The van der Waals surface area contributed by atoms with Crippen LogP contribution in [0.1, 0.15) is 30.6 Å². The Bertz CT molecular complexity index is 611. The lowest BCUT2D eigenvalue weighted by molar-refractivity contribution is -0.274. The monoisotopic (exact) mass is 329 g/mol. The minimum Gasteiger partial charge on any atom is -0.406 e. The molecule has 1 aromatic carbocycles. The second kappa shape index (κ2) is 7.45. The number of halogens is 3. The van der Waals surface area contributed by atoms with Crippen molar-refractivity contribution in [2.24, 2.45) is 0 Å². The summed E-state index contributed by atoms with van der Waals surface area (Å²) >= 11 is 0. The van der Waals surface area contributed by atoms with E-state index in [1.807, 2.05) is 18.9 Å². The zero-order valence-corrected chi connectivity index (χ0v) is 12.9. The third-order valence-electron chi connectivity index (χ3n) is 3.00. The molecule has 1 aromatic heterocycles. The van der Waals surface area contributed by atoms with E-state index < -0.39 is 6.36 Å².